The Hall–Kier alpha value is -1.40. The number of halogens is 2. The first kappa shape index (κ1) is 14.0. The van der Waals surface area contributed by atoms with Gasteiger partial charge in [0.25, 0.3) is 0 Å². The summed E-state index contributed by atoms with van der Waals surface area (Å²) < 4.78 is 6.80. The van der Waals surface area contributed by atoms with Gasteiger partial charge in [-0.15, -0.1) is 0 Å². The molecule has 0 radical (unpaired) electrons. The number of carbonyl (C=O) groups is 1. The average molecular weight is 387 g/mol. The largest absolute Gasteiger partial charge is 0.478 e. The summed E-state index contributed by atoms with van der Waals surface area (Å²) in [4.78, 5) is 14.9. The molecule has 0 aliphatic rings. The van der Waals surface area contributed by atoms with Crippen molar-refractivity contribution in [3.63, 3.8) is 0 Å². The molecule has 98 valence electrons. The molecule has 0 aliphatic carbocycles. The van der Waals surface area contributed by atoms with E-state index in [0.717, 1.165) is 10.0 Å². The number of rotatable bonds is 4. The average Bonchev–Trinajstić information content (AvgIpc) is 2.69. The third-order valence-electron chi connectivity index (χ3n) is 2.36. The van der Waals surface area contributed by atoms with Gasteiger partial charge in [0, 0.05) is 6.07 Å². The van der Waals surface area contributed by atoms with Gasteiger partial charge in [-0.25, -0.2) is 4.79 Å². The summed E-state index contributed by atoms with van der Waals surface area (Å²) in [6, 6.07) is 8.42. The lowest BCUT2D eigenvalue weighted by molar-refractivity contribution is 0.0697. The fraction of sp³-hybridized carbons (Fsp3) is 0.0769. The predicted molar refractivity (Wildman–Crippen MR) is 78.8 cm³/mol. The van der Waals surface area contributed by atoms with Crippen molar-refractivity contribution in [1.29, 1.82) is 0 Å². The number of aliphatic imine (C=N–C) groups is 1. The SMILES string of the molecule is O=C(O)c1ccc(CN=Cc2cc(Br)c(Br)o2)cc1. The highest BCUT2D eigenvalue weighted by atomic mass is 79.9. The number of carboxylic acid groups (broad SMARTS) is 1. The highest BCUT2D eigenvalue weighted by molar-refractivity contribution is 9.13. The molecule has 1 aromatic carbocycles. The molecule has 4 nitrogen and oxygen atoms in total. The van der Waals surface area contributed by atoms with Crippen molar-refractivity contribution in [2.75, 3.05) is 0 Å². The topological polar surface area (TPSA) is 62.8 Å². The van der Waals surface area contributed by atoms with E-state index < -0.39 is 5.97 Å². The van der Waals surface area contributed by atoms with Crippen LogP contribution in [0.5, 0.6) is 0 Å². The molecule has 0 atom stereocenters. The Labute approximate surface area is 126 Å². The first-order chi connectivity index (χ1) is 9.06. The third-order valence-corrected chi connectivity index (χ3v) is 4.07. The highest BCUT2D eigenvalue weighted by Crippen LogP contribution is 2.25. The van der Waals surface area contributed by atoms with Crippen molar-refractivity contribution in [2.24, 2.45) is 4.99 Å². The maximum absolute atomic E-state index is 10.7. The summed E-state index contributed by atoms with van der Waals surface area (Å²) in [6.45, 7) is 0.468. The first-order valence-electron chi connectivity index (χ1n) is 5.33. The van der Waals surface area contributed by atoms with Crippen LogP contribution in [0.15, 0.2) is 48.9 Å². The zero-order chi connectivity index (χ0) is 13.8. The Morgan fingerprint density at radius 3 is 2.53 bits per heavy atom. The molecule has 0 aliphatic heterocycles. The van der Waals surface area contributed by atoms with Crippen molar-refractivity contribution in [2.45, 2.75) is 6.54 Å². The summed E-state index contributed by atoms with van der Waals surface area (Å²) in [6.07, 6.45) is 1.63. The highest BCUT2D eigenvalue weighted by Gasteiger charge is 2.03. The van der Waals surface area contributed by atoms with Gasteiger partial charge in [0.15, 0.2) is 4.67 Å². The number of hydrogen-bond acceptors (Lipinski definition) is 3. The predicted octanol–water partition coefficient (Wildman–Crippen LogP) is 4.12. The van der Waals surface area contributed by atoms with Gasteiger partial charge < -0.3 is 9.52 Å². The number of benzene rings is 1. The summed E-state index contributed by atoms with van der Waals surface area (Å²) >= 11 is 6.56. The van der Waals surface area contributed by atoms with Crippen LogP contribution in [0.25, 0.3) is 0 Å². The molecular weight excluding hydrogens is 378 g/mol. The van der Waals surface area contributed by atoms with Crippen LogP contribution < -0.4 is 0 Å². The number of nitrogens with zero attached hydrogens (tertiary/aromatic N) is 1. The zero-order valence-corrected chi connectivity index (χ0v) is 12.8. The van der Waals surface area contributed by atoms with E-state index in [2.05, 4.69) is 36.9 Å². The summed E-state index contributed by atoms with van der Waals surface area (Å²) in [5, 5.41) is 8.78. The quantitative estimate of drug-likeness (QED) is 0.803. The van der Waals surface area contributed by atoms with Crippen molar-refractivity contribution >= 4 is 44.0 Å². The van der Waals surface area contributed by atoms with Crippen LogP contribution in [0.2, 0.25) is 0 Å². The Kier molecular flexibility index (Phi) is 4.55. The molecule has 1 heterocycles. The van der Waals surface area contributed by atoms with Crippen molar-refractivity contribution in [1.82, 2.24) is 0 Å². The van der Waals surface area contributed by atoms with Gasteiger partial charge in [0.1, 0.15) is 5.76 Å². The molecule has 0 bridgehead atoms. The van der Waals surface area contributed by atoms with Gasteiger partial charge >= 0.3 is 5.97 Å². The minimum atomic E-state index is -0.930. The van der Waals surface area contributed by atoms with Gasteiger partial charge in [0.2, 0.25) is 0 Å². The molecule has 0 fully saturated rings. The van der Waals surface area contributed by atoms with E-state index in [4.69, 9.17) is 9.52 Å². The van der Waals surface area contributed by atoms with Gasteiger partial charge in [-0.2, -0.15) is 0 Å². The van der Waals surface area contributed by atoms with E-state index in [1.54, 1.807) is 36.5 Å². The van der Waals surface area contributed by atoms with E-state index in [9.17, 15) is 4.79 Å². The van der Waals surface area contributed by atoms with E-state index in [-0.39, 0.29) is 5.56 Å². The van der Waals surface area contributed by atoms with Crippen LogP contribution in [0.1, 0.15) is 21.7 Å². The molecule has 0 amide bonds. The Balaban J connectivity index is 2.00. The maximum atomic E-state index is 10.7. The molecule has 6 heteroatoms. The second-order valence-electron chi connectivity index (χ2n) is 3.74. The standard InChI is InChI=1S/C13H9Br2NO3/c14-11-5-10(19-12(11)15)7-16-6-8-1-3-9(4-2-8)13(17)18/h1-5,7H,6H2,(H,17,18). The van der Waals surface area contributed by atoms with E-state index in [0.29, 0.717) is 17.0 Å². The van der Waals surface area contributed by atoms with Gasteiger partial charge in [-0.05, 0) is 49.6 Å². The Morgan fingerprint density at radius 1 is 1.32 bits per heavy atom. The monoisotopic (exact) mass is 385 g/mol. The lowest BCUT2D eigenvalue weighted by Gasteiger charge is -1.97. The van der Waals surface area contributed by atoms with Crippen LogP contribution >= 0.6 is 31.9 Å². The lowest BCUT2D eigenvalue weighted by Crippen LogP contribution is -1.95. The van der Waals surface area contributed by atoms with Crippen LogP contribution in [0.3, 0.4) is 0 Å². The number of carboxylic acids is 1. The normalized spacial score (nSPS) is 11.1. The molecule has 2 rings (SSSR count). The van der Waals surface area contributed by atoms with Crippen LogP contribution in [-0.2, 0) is 6.54 Å². The summed E-state index contributed by atoms with van der Waals surface area (Å²) in [5.74, 6) is -0.291. The van der Waals surface area contributed by atoms with Crippen LogP contribution in [-0.4, -0.2) is 17.3 Å². The van der Waals surface area contributed by atoms with Crippen molar-refractivity contribution in [3.05, 3.63) is 56.4 Å². The van der Waals surface area contributed by atoms with Crippen LogP contribution in [0.4, 0.5) is 0 Å². The third kappa shape index (κ3) is 3.78. The Bertz CT molecular complexity index is 598. The molecule has 0 unspecified atom stereocenters. The van der Waals surface area contributed by atoms with E-state index in [1.165, 1.54) is 0 Å². The molecule has 0 spiro atoms. The van der Waals surface area contributed by atoms with Gasteiger partial charge in [-0.3, -0.25) is 4.99 Å². The second-order valence-corrected chi connectivity index (χ2v) is 5.32. The molecule has 2 aromatic rings. The minimum absolute atomic E-state index is 0.270. The minimum Gasteiger partial charge on any atom is -0.478 e. The summed E-state index contributed by atoms with van der Waals surface area (Å²) in [5.41, 5.74) is 1.21. The van der Waals surface area contributed by atoms with Crippen LogP contribution in [0, 0.1) is 0 Å². The molecule has 19 heavy (non-hydrogen) atoms. The molecule has 1 aromatic heterocycles. The molecule has 1 N–H and O–H groups in total. The number of aromatic carboxylic acids is 1. The molecular formula is C13H9Br2NO3. The zero-order valence-electron chi connectivity index (χ0n) is 9.64. The smallest absolute Gasteiger partial charge is 0.335 e. The maximum Gasteiger partial charge on any atom is 0.335 e. The summed E-state index contributed by atoms with van der Waals surface area (Å²) in [7, 11) is 0. The fourth-order valence-electron chi connectivity index (χ4n) is 1.42. The van der Waals surface area contributed by atoms with E-state index >= 15 is 0 Å². The fourth-order valence-corrected chi connectivity index (χ4v) is 2.03. The van der Waals surface area contributed by atoms with Crippen molar-refractivity contribution < 1.29 is 14.3 Å². The first-order valence-corrected chi connectivity index (χ1v) is 6.92. The van der Waals surface area contributed by atoms with Gasteiger partial charge in [-0.1, -0.05) is 12.1 Å². The van der Waals surface area contributed by atoms with Gasteiger partial charge in [0.05, 0.1) is 22.8 Å². The number of furan rings is 1. The van der Waals surface area contributed by atoms with E-state index in [1.807, 2.05) is 0 Å². The molecule has 0 saturated heterocycles. The van der Waals surface area contributed by atoms with Crippen molar-refractivity contribution in [3.8, 4) is 0 Å². The Morgan fingerprint density at radius 2 is 2.00 bits per heavy atom. The second kappa shape index (κ2) is 6.16. The lowest BCUT2D eigenvalue weighted by atomic mass is 10.1. The number of hydrogen-bond donors (Lipinski definition) is 1. The molecule has 0 saturated carbocycles.